The third-order valence-electron chi connectivity index (χ3n) is 12.0. The lowest BCUT2D eigenvalue weighted by Gasteiger charge is -2.36. The van der Waals surface area contributed by atoms with Crippen LogP contribution in [-0.2, 0) is 6.42 Å². The van der Waals surface area contributed by atoms with Gasteiger partial charge in [-0.3, -0.25) is 14.5 Å². The van der Waals surface area contributed by atoms with Gasteiger partial charge < -0.3 is 14.7 Å². The van der Waals surface area contributed by atoms with Gasteiger partial charge in [0, 0.05) is 60.3 Å². The minimum atomic E-state index is -0.0871. The lowest BCUT2D eigenvalue weighted by atomic mass is 9.69. The van der Waals surface area contributed by atoms with Gasteiger partial charge in [-0.1, -0.05) is 60.7 Å². The second-order valence-electron chi connectivity index (χ2n) is 15.3. The highest BCUT2D eigenvalue weighted by molar-refractivity contribution is 7.15. The number of anilines is 1. The topological polar surface area (TPSA) is 79.0 Å². The SMILES string of the molecule is Cc1sc2c(c1C)C(c1ccc(N3CCN(CCOc4ccc([C@@H]5c6ccc(O)cc6CC[C@@H]5c5ccccc5)cc4)CC3)cc1)=N[C@@H](C)c1nnc(C)n1-2. The second-order valence-corrected chi connectivity index (χ2v) is 16.5. The molecule has 0 radical (unpaired) electrons. The zero-order chi connectivity index (χ0) is 37.6. The average Bonchev–Trinajstić information content (AvgIpc) is 3.70. The van der Waals surface area contributed by atoms with Crippen molar-refractivity contribution in [1.82, 2.24) is 19.7 Å². The average molecular weight is 749 g/mol. The Morgan fingerprint density at radius 3 is 2.36 bits per heavy atom. The quantitative estimate of drug-likeness (QED) is 0.168. The Bertz CT molecular complexity index is 2340. The summed E-state index contributed by atoms with van der Waals surface area (Å²) in [5.74, 6) is 3.67. The minimum Gasteiger partial charge on any atom is -0.508 e. The molecule has 0 amide bonds. The van der Waals surface area contributed by atoms with E-state index in [2.05, 4.69) is 130 Å². The summed E-state index contributed by atoms with van der Waals surface area (Å²) < 4.78 is 8.49. The molecule has 55 heavy (non-hydrogen) atoms. The predicted octanol–water partition coefficient (Wildman–Crippen LogP) is 8.93. The Morgan fingerprint density at radius 1 is 0.836 bits per heavy atom. The summed E-state index contributed by atoms with van der Waals surface area (Å²) in [6.07, 6.45) is 2.03. The molecule has 3 atom stereocenters. The molecular formula is C46H48N6O2S. The van der Waals surface area contributed by atoms with Gasteiger partial charge in [-0.2, -0.15) is 0 Å². The number of phenols is 1. The van der Waals surface area contributed by atoms with Crippen molar-refractivity contribution in [1.29, 1.82) is 0 Å². The van der Waals surface area contributed by atoms with Crippen LogP contribution in [0.5, 0.6) is 11.5 Å². The van der Waals surface area contributed by atoms with Gasteiger partial charge in [-0.05, 0) is 111 Å². The van der Waals surface area contributed by atoms with E-state index >= 15 is 0 Å². The molecule has 0 spiro atoms. The summed E-state index contributed by atoms with van der Waals surface area (Å²) in [6, 6.07) is 34.4. The Labute approximate surface area is 327 Å². The summed E-state index contributed by atoms with van der Waals surface area (Å²) in [7, 11) is 0. The number of fused-ring (bicyclic) bond motifs is 4. The molecule has 1 aliphatic carbocycles. The molecule has 0 bridgehead atoms. The maximum atomic E-state index is 10.2. The summed E-state index contributed by atoms with van der Waals surface area (Å²) in [6.45, 7) is 14.1. The maximum absolute atomic E-state index is 10.2. The largest absolute Gasteiger partial charge is 0.508 e. The molecule has 1 saturated heterocycles. The van der Waals surface area contributed by atoms with Gasteiger partial charge in [0.25, 0.3) is 0 Å². The smallest absolute Gasteiger partial charge is 0.162 e. The van der Waals surface area contributed by atoms with Gasteiger partial charge in [-0.25, -0.2) is 0 Å². The molecule has 0 saturated carbocycles. The molecule has 2 aliphatic heterocycles. The highest BCUT2D eigenvalue weighted by Gasteiger charge is 2.33. The fourth-order valence-electron chi connectivity index (χ4n) is 8.88. The van der Waals surface area contributed by atoms with Gasteiger partial charge in [0.2, 0.25) is 0 Å². The normalized spacial score (nSPS) is 19.6. The Hall–Kier alpha value is -5.25. The number of piperazine rings is 1. The van der Waals surface area contributed by atoms with Crippen LogP contribution >= 0.6 is 11.3 Å². The molecule has 0 unspecified atom stereocenters. The second kappa shape index (κ2) is 14.8. The number of aryl methyl sites for hydroxylation is 3. The number of nitrogens with zero attached hydrogens (tertiary/aromatic N) is 6. The number of aromatic nitrogens is 3. The number of aromatic hydroxyl groups is 1. The van der Waals surface area contributed by atoms with Crippen LogP contribution in [-0.4, -0.2) is 69.8 Å². The highest BCUT2D eigenvalue weighted by Crippen LogP contribution is 2.47. The number of rotatable bonds is 8. The number of hydrogen-bond acceptors (Lipinski definition) is 8. The van der Waals surface area contributed by atoms with Crippen molar-refractivity contribution < 1.29 is 9.84 Å². The van der Waals surface area contributed by atoms with Gasteiger partial charge in [-0.15, -0.1) is 21.5 Å². The van der Waals surface area contributed by atoms with Crippen molar-refractivity contribution in [2.45, 2.75) is 58.4 Å². The van der Waals surface area contributed by atoms with E-state index in [0.29, 0.717) is 18.3 Å². The number of phenolic OH excluding ortho intramolecular Hbond substituents is 1. The van der Waals surface area contributed by atoms with Gasteiger partial charge in [0.05, 0.1) is 5.71 Å². The van der Waals surface area contributed by atoms with E-state index in [9.17, 15) is 5.11 Å². The fourth-order valence-corrected chi connectivity index (χ4v) is 10.1. The van der Waals surface area contributed by atoms with Crippen molar-refractivity contribution in [3.63, 3.8) is 0 Å². The van der Waals surface area contributed by atoms with Crippen molar-refractivity contribution in [3.05, 3.63) is 153 Å². The molecule has 1 fully saturated rings. The van der Waals surface area contributed by atoms with Gasteiger partial charge >= 0.3 is 0 Å². The van der Waals surface area contributed by atoms with Crippen LogP contribution < -0.4 is 9.64 Å². The third kappa shape index (κ3) is 6.74. The summed E-state index contributed by atoms with van der Waals surface area (Å²) >= 11 is 1.80. The molecule has 4 aromatic carbocycles. The minimum absolute atomic E-state index is 0.0871. The predicted molar refractivity (Wildman–Crippen MR) is 222 cm³/mol. The van der Waals surface area contributed by atoms with Crippen LogP contribution in [0.15, 0.2) is 102 Å². The van der Waals surface area contributed by atoms with Gasteiger partial charge in [0.15, 0.2) is 5.82 Å². The van der Waals surface area contributed by atoms with E-state index in [-0.39, 0.29) is 12.0 Å². The van der Waals surface area contributed by atoms with Crippen LogP contribution in [0.2, 0.25) is 0 Å². The van der Waals surface area contributed by atoms with E-state index in [0.717, 1.165) is 74.2 Å². The number of aliphatic imine (C=N–C) groups is 1. The molecule has 2 aromatic heterocycles. The number of benzene rings is 4. The maximum Gasteiger partial charge on any atom is 0.162 e. The number of hydrogen-bond donors (Lipinski definition) is 1. The number of thiophene rings is 1. The molecule has 1 N–H and O–H groups in total. The molecule has 3 aliphatic rings. The lowest BCUT2D eigenvalue weighted by molar-refractivity contribution is 0.200. The van der Waals surface area contributed by atoms with E-state index < -0.39 is 0 Å². The number of ether oxygens (including phenoxy) is 1. The van der Waals surface area contributed by atoms with Crippen LogP contribution in [0.3, 0.4) is 0 Å². The first-order valence-electron chi connectivity index (χ1n) is 19.6. The zero-order valence-electron chi connectivity index (χ0n) is 32.1. The van der Waals surface area contributed by atoms with Crippen LogP contribution in [0.4, 0.5) is 5.69 Å². The molecule has 9 rings (SSSR count). The Kier molecular flexibility index (Phi) is 9.52. The van der Waals surface area contributed by atoms with Crippen molar-refractivity contribution in [3.8, 4) is 16.5 Å². The Morgan fingerprint density at radius 2 is 1.60 bits per heavy atom. The first-order valence-corrected chi connectivity index (χ1v) is 20.4. The van der Waals surface area contributed by atoms with Gasteiger partial charge in [0.1, 0.15) is 35.0 Å². The van der Waals surface area contributed by atoms with E-state index in [1.807, 2.05) is 19.1 Å². The highest BCUT2D eigenvalue weighted by atomic mass is 32.1. The molecule has 9 heteroatoms. The van der Waals surface area contributed by atoms with Crippen LogP contribution in [0, 0.1) is 20.8 Å². The third-order valence-corrected chi connectivity index (χ3v) is 13.2. The fraction of sp³-hybridized carbons (Fsp3) is 0.326. The molecular weight excluding hydrogens is 701 g/mol. The zero-order valence-corrected chi connectivity index (χ0v) is 32.9. The van der Waals surface area contributed by atoms with Crippen molar-refractivity contribution in [2.24, 2.45) is 4.99 Å². The van der Waals surface area contributed by atoms with E-state index in [1.54, 1.807) is 11.3 Å². The summed E-state index contributed by atoms with van der Waals surface area (Å²) in [4.78, 5) is 11.5. The van der Waals surface area contributed by atoms with E-state index in [1.165, 1.54) is 48.9 Å². The molecule has 8 nitrogen and oxygen atoms in total. The first kappa shape index (κ1) is 35.5. The van der Waals surface area contributed by atoms with Crippen molar-refractivity contribution >= 4 is 22.7 Å². The summed E-state index contributed by atoms with van der Waals surface area (Å²) in [5, 5.41) is 20.3. The lowest BCUT2D eigenvalue weighted by Crippen LogP contribution is -2.47. The summed E-state index contributed by atoms with van der Waals surface area (Å²) in [5.41, 5.74) is 11.1. The first-order chi connectivity index (χ1) is 26.8. The van der Waals surface area contributed by atoms with E-state index in [4.69, 9.17) is 9.73 Å². The van der Waals surface area contributed by atoms with Crippen LogP contribution in [0.25, 0.3) is 5.00 Å². The molecule has 4 heterocycles. The van der Waals surface area contributed by atoms with Crippen molar-refractivity contribution in [2.75, 3.05) is 44.2 Å². The van der Waals surface area contributed by atoms with Crippen LogP contribution in [0.1, 0.15) is 86.7 Å². The Balaban J connectivity index is 0.815. The standard InChI is InChI=1S/C46H48N6O2S/c1-29-31(3)55-46-42(29)44(47-30(2)45-49-48-32(4)52(45)46)35-10-15-37(16-11-35)51-24-22-50(23-25-51)26-27-54-39-18-12-34(13-19-39)43-40(33-8-6-5-7-9-33)20-14-36-28-38(53)17-21-41(36)43/h5-13,15-19,21,28,30,40,43,53H,14,20,22-27H2,1-4H3/t30-,40+,43-/m0/s1. The monoisotopic (exact) mass is 748 g/mol. The molecule has 6 aromatic rings. The molecule has 280 valence electrons.